The highest BCUT2D eigenvalue weighted by atomic mass is 16.3. The van der Waals surface area contributed by atoms with Crippen molar-refractivity contribution < 1.29 is 4.42 Å². The maximum atomic E-state index is 6.27. The molecule has 1 unspecified atom stereocenters. The molecule has 0 N–H and O–H groups in total. The summed E-state index contributed by atoms with van der Waals surface area (Å²) < 4.78 is 6.27. The van der Waals surface area contributed by atoms with Crippen LogP contribution in [-0.4, -0.2) is 9.97 Å². The van der Waals surface area contributed by atoms with Crippen molar-refractivity contribution >= 4 is 21.9 Å². The standard InChI is InChI=1S/C54H36N2O/c1-54(40-19-9-4-10-20-40)45-24-13-22-41(36-15-5-2-6-16-36)51(45)42-32-31-39(33-46(42)54)35-27-29-37(30-28-35)47-34-48(56-53(55-47)38-17-7-3-8-18-38)43-23-14-26-50-52(43)44-21-11-12-25-49(44)57-50/h2-34H,1H3. The van der Waals surface area contributed by atoms with Crippen LogP contribution in [0.3, 0.4) is 0 Å². The van der Waals surface area contributed by atoms with Crippen LogP contribution in [-0.2, 0) is 5.41 Å². The largest absolute Gasteiger partial charge is 0.456 e. The van der Waals surface area contributed by atoms with Crippen LogP contribution in [0, 0.1) is 0 Å². The summed E-state index contributed by atoms with van der Waals surface area (Å²) in [6, 6.07) is 71.1. The molecule has 1 aliphatic carbocycles. The Balaban J connectivity index is 1.03. The van der Waals surface area contributed by atoms with Gasteiger partial charge in [-0.3, -0.25) is 0 Å². The van der Waals surface area contributed by atoms with Crippen molar-refractivity contribution in [1.29, 1.82) is 0 Å². The van der Waals surface area contributed by atoms with Gasteiger partial charge in [0.15, 0.2) is 5.82 Å². The zero-order chi connectivity index (χ0) is 37.9. The molecule has 57 heavy (non-hydrogen) atoms. The number of fused-ring (bicyclic) bond motifs is 6. The third-order valence-corrected chi connectivity index (χ3v) is 11.8. The van der Waals surface area contributed by atoms with E-state index in [1.165, 1.54) is 44.5 Å². The molecule has 0 saturated heterocycles. The molecule has 8 aromatic carbocycles. The number of furan rings is 1. The molecule has 3 heteroatoms. The van der Waals surface area contributed by atoms with Crippen LogP contribution >= 0.6 is 0 Å². The molecule has 3 nitrogen and oxygen atoms in total. The molecule has 10 aromatic rings. The maximum absolute atomic E-state index is 6.27. The number of para-hydroxylation sites is 1. The molecular weight excluding hydrogens is 693 g/mol. The predicted octanol–water partition coefficient (Wildman–Crippen LogP) is 14.0. The number of hydrogen-bond acceptors (Lipinski definition) is 3. The Morgan fingerprint density at radius 3 is 1.81 bits per heavy atom. The van der Waals surface area contributed by atoms with Crippen LogP contribution in [0.25, 0.3) is 89.2 Å². The lowest BCUT2D eigenvalue weighted by Crippen LogP contribution is -2.22. The summed E-state index contributed by atoms with van der Waals surface area (Å²) in [6.07, 6.45) is 0. The second-order valence-electron chi connectivity index (χ2n) is 15.0. The molecule has 0 spiro atoms. The molecule has 1 atom stereocenters. The minimum atomic E-state index is -0.318. The van der Waals surface area contributed by atoms with Crippen LogP contribution < -0.4 is 0 Å². The number of hydrogen-bond donors (Lipinski definition) is 0. The van der Waals surface area contributed by atoms with E-state index in [1.54, 1.807) is 0 Å². The van der Waals surface area contributed by atoms with Crippen molar-refractivity contribution in [3.8, 4) is 67.3 Å². The number of rotatable bonds is 6. The molecule has 0 aliphatic heterocycles. The Morgan fingerprint density at radius 1 is 0.404 bits per heavy atom. The van der Waals surface area contributed by atoms with Crippen molar-refractivity contribution in [3.05, 3.63) is 217 Å². The molecular formula is C54H36N2O. The normalized spacial score (nSPS) is 14.5. The average molecular weight is 729 g/mol. The van der Waals surface area contributed by atoms with Gasteiger partial charge in [0.05, 0.1) is 11.4 Å². The smallest absolute Gasteiger partial charge is 0.160 e. The number of nitrogens with zero attached hydrogens (tertiary/aromatic N) is 2. The Hall–Kier alpha value is -7.36. The van der Waals surface area contributed by atoms with Crippen LogP contribution in [0.4, 0.5) is 0 Å². The Bertz CT molecular complexity index is 3110. The van der Waals surface area contributed by atoms with E-state index in [-0.39, 0.29) is 5.41 Å². The van der Waals surface area contributed by atoms with Gasteiger partial charge in [0.1, 0.15) is 11.2 Å². The first kappa shape index (κ1) is 33.0. The third-order valence-electron chi connectivity index (χ3n) is 11.8. The van der Waals surface area contributed by atoms with E-state index in [1.807, 2.05) is 42.5 Å². The van der Waals surface area contributed by atoms with Gasteiger partial charge in [-0.1, -0.05) is 176 Å². The van der Waals surface area contributed by atoms with Gasteiger partial charge in [0, 0.05) is 32.9 Å². The van der Waals surface area contributed by atoms with Gasteiger partial charge < -0.3 is 4.42 Å². The fourth-order valence-electron chi connectivity index (χ4n) is 8.97. The molecule has 0 saturated carbocycles. The third kappa shape index (κ3) is 5.35. The van der Waals surface area contributed by atoms with Crippen LogP contribution in [0.2, 0.25) is 0 Å². The van der Waals surface area contributed by atoms with E-state index in [0.717, 1.165) is 55.6 Å². The molecule has 268 valence electrons. The Morgan fingerprint density at radius 2 is 1.02 bits per heavy atom. The molecule has 2 heterocycles. The molecule has 11 rings (SSSR count). The summed E-state index contributed by atoms with van der Waals surface area (Å²) in [5.41, 5.74) is 17.5. The SMILES string of the molecule is CC1(c2ccccc2)c2cc(-c3ccc(-c4cc(-c5cccc6oc7ccccc7c56)nc(-c5ccccc5)n4)cc3)ccc2-c2c(-c3ccccc3)cccc21. The molecule has 2 aromatic heterocycles. The lowest BCUT2D eigenvalue weighted by Gasteiger charge is -2.29. The summed E-state index contributed by atoms with van der Waals surface area (Å²) in [5, 5.41) is 2.13. The predicted molar refractivity (Wildman–Crippen MR) is 234 cm³/mol. The second kappa shape index (κ2) is 13.1. The van der Waals surface area contributed by atoms with E-state index in [2.05, 4.69) is 165 Å². The second-order valence-corrected chi connectivity index (χ2v) is 15.0. The molecule has 0 bridgehead atoms. The zero-order valence-corrected chi connectivity index (χ0v) is 31.4. The monoisotopic (exact) mass is 728 g/mol. The topological polar surface area (TPSA) is 38.9 Å². The summed E-state index contributed by atoms with van der Waals surface area (Å²) in [6.45, 7) is 2.39. The van der Waals surface area contributed by atoms with E-state index < -0.39 is 0 Å². The van der Waals surface area contributed by atoms with Crippen molar-refractivity contribution in [2.45, 2.75) is 12.3 Å². The Labute approximate surface area is 331 Å². The maximum Gasteiger partial charge on any atom is 0.160 e. The number of aromatic nitrogens is 2. The first-order valence-electron chi connectivity index (χ1n) is 19.5. The molecule has 0 fully saturated rings. The van der Waals surface area contributed by atoms with E-state index in [0.29, 0.717) is 5.82 Å². The fraction of sp³-hybridized carbons (Fsp3) is 0.0370. The van der Waals surface area contributed by atoms with Gasteiger partial charge in [-0.2, -0.15) is 0 Å². The molecule has 0 radical (unpaired) electrons. The van der Waals surface area contributed by atoms with Gasteiger partial charge in [-0.05, 0) is 81.3 Å². The van der Waals surface area contributed by atoms with Gasteiger partial charge in [0.2, 0.25) is 0 Å². The van der Waals surface area contributed by atoms with Crippen molar-refractivity contribution in [2.75, 3.05) is 0 Å². The van der Waals surface area contributed by atoms with Crippen molar-refractivity contribution in [1.82, 2.24) is 9.97 Å². The average Bonchev–Trinajstić information content (AvgIpc) is 3.80. The van der Waals surface area contributed by atoms with Gasteiger partial charge in [-0.25, -0.2) is 9.97 Å². The minimum Gasteiger partial charge on any atom is -0.456 e. The highest BCUT2D eigenvalue weighted by Gasteiger charge is 2.42. The van der Waals surface area contributed by atoms with Crippen LogP contribution in [0.1, 0.15) is 23.6 Å². The highest BCUT2D eigenvalue weighted by molar-refractivity contribution is 6.12. The van der Waals surface area contributed by atoms with E-state index in [9.17, 15) is 0 Å². The van der Waals surface area contributed by atoms with Crippen LogP contribution in [0.15, 0.2) is 205 Å². The van der Waals surface area contributed by atoms with E-state index >= 15 is 0 Å². The van der Waals surface area contributed by atoms with Crippen molar-refractivity contribution in [2.24, 2.45) is 0 Å². The molecule has 1 aliphatic rings. The minimum absolute atomic E-state index is 0.318. The fourth-order valence-corrected chi connectivity index (χ4v) is 8.97. The lowest BCUT2D eigenvalue weighted by atomic mass is 9.73. The van der Waals surface area contributed by atoms with Gasteiger partial charge in [0.25, 0.3) is 0 Å². The van der Waals surface area contributed by atoms with Crippen LogP contribution in [0.5, 0.6) is 0 Å². The zero-order valence-electron chi connectivity index (χ0n) is 31.4. The summed E-state index contributed by atoms with van der Waals surface area (Å²) in [4.78, 5) is 10.3. The molecule has 0 amide bonds. The summed E-state index contributed by atoms with van der Waals surface area (Å²) in [7, 11) is 0. The van der Waals surface area contributed by atoms with Crippen molar-refractivity contribution in [3.63, 3.8) is 0 Å². The Kier molecular flexibility index (Phi) is 7.61. The first-order valence-corrected chi connectivity index (χ1v) is 19.5. The number of benzene rings is 8. The summed E-state index contributed by atoms with van der Waals surface area (Å²) >= 11 is 0. The van der Waals surface area contributed by atoms with E-state index in [4.69, 9.17) is 14.4 Å². The van der Waals surface area contributed by atoms with Gasteiger partial charge in [-0.15, -0.1) is 0 Å². The first-order chi connectivity index (χ1) is 28.1. The highest BCUT2D eigenvalue weighted by Crippen LogP contribution is 2.55. The summed E-state index contributed by atoms with van der Waals surface area (Å²) in [5.74, 6) is 0.685. The lowest BCUT2D eigenvalue weighted by molar-refractivity contribution is 0.669. The van der Waals surface area contributed by atoms with Gasteiger partial charge >= 0.3 is 0 Å². The quantitative estimate of drug-likeness (QED) is 0.171.